The van der Waals surface area contributed by atoms with Crippen molar-refractivity contribution < 1.29 is 0 Å². The van der Waals surface area contributed by atoms with Crippen LogP contribution in [0.2, 0.25) is 0 Å². The van der Waals surface area contributed by atoms with E-state index in [1.54, 1.807) is 0 Å². The van der Waals surface area contributed by atoms with Gasteiger partial charge in [-0.1, -0.05) is 20.3 Å². The smallest absolute Gasteiger partial charge is 0.126 e. The number of hydrogen-bond donors (Lipinski definition) is 1. The summed E-state index contributed by atoms with van der Waals surface area (Å²) in [7, 11) is 0. The largest absolute Gasteiger partial charge is 0.334 e. The predicted molar refractivity (Wildman–Crippen MR) is 66.3 cm³/mol. The molecule has 1 aliphatic rings. The molecule has 1 unspecified atom stereocenters. The fourth-order valence-corrected chi connectivity index (χ4v) is 2.49. The second kappa shape index (κ2) is 5.48. The molecule has 1 saturated carbocycles. The highest BCUT2D eigenvalue weighted by Crippen LogP contribution is 2.37. The highest BCUT2D eigenvalue weighted by Gasteiger charge is 2.30. The van der Waals surface area contributed by atoms with Crippen molar-refractivity contribution in [2.75, 3.05) is 6.54 Å². The van der Waals surface area contributed by atoms with E-state index in [0.29, 0.717) is 6.04 Å². The molecular formula is C13H23N3. The highest BCUT2D eigenvalue weighted by molar-refractivity contribution is 5.03. The topological polar surface area (TPSA) is 29.9 Å². The van der Waals surface area contributed by atoms with Gasteiger partial charge in [0, 0.05) is 18.9 Å². The standard InChI is InChI=1S/C13H23N3/c1-3-9-16-10-8-15-13(16)12(14-4-2)11-6-5-7-11/h8,10-12,14H,3-7,9H2,1-2H3. The number of aryl methyl sites for hydroxylation is 1. The van der Waals surface area contributed by atoms with Gasteiger partial charge in [-0.3, -0.25) is 0 Å². The van der Waals surface area contributed by atoms with Crippen LogP contribution in [-0.2, 0) is 6.54 Å². The molecule has 0 bridgehead atoms. The Labute approximate surface area is 98.3 Å². The Balaban J connectivity index is 2.13. The zero-order chi connectivity index (χ0) is 11.4. The van der Waals surface area contributed by atoms with Crippen molar-refractivity contribution >= 4 is 0 Å². The average Bonchev–Trinajstić information content (AvgIpc) is 2.63. The van der Waals surface area contributed by atoms with Gasteiger partial charge in [0.15, 0.2) is 0 Å². The van der Waals surface area contributed by atoms with Crippen LogP contribution in [0.15, 0.2) is 12.4 Å². The summed E-state index contributed by atoms with van der Waals surface area (Å²) >= 11 is 0. The van der Waals surface area contributed by atoms with Crippen LogP contribution >= 0.6 is 0 Å². The van der Waals surface area contributed by atoms with Gasteiger partial charge >= 0.3 is 0 Å². The molecule has 1 fully saturated rings. The Hall–Kier alpha value is -0.830. The van der Waals surface area contributed by atoms with Crippen LogP contribution in [0.3, 0.4) is 0 Å². The number of aromatic nitrogens is 2. The van der Waals surface area contributed by atoms with Gasteiger partial charge in [0.2, 0.25) is 0 Å². The first kappa shape index (κ1) is 11.6. The van der Waals surface area contributed by atoms with Crippen LogP contribution in [0, 0.1) is 5.92 Å². The molecule has 1 aromatic rings. The molecule has 1 aromatic heterocycles. The van der Waals surface area contributed by atoms with Gasteiger partial charge in [0.05, 0.1) is 6.04 Å². The van der Waals surface area contributed by atoms with E-state index in [9.17, 15) is 0 Å². The van der Waals surface area contributed by atoms with Gasteiger partial charge in [-0.15, -0.1) is 0 Å². The van der Waals surface area contributed by atoms with Crippen LogP contribution < -0.4 is 5.32 Å². The number of rotatable bonds is 6. The summed E-state index contributed by atoms with van der Waals surface area (Å²) in [6.45, 7) is 6.51. The molecule has 1 aliphatic carbocycles. The Morgan fingerprint density at radius 2 is 2.31 bits per heavy atom. The van der Waals surface area contributed by atoms with Gasteiger partial charge in [0.25, 0.3) is 0 Å². The summed E-state index contributed by atoms with van der Waals surface area (Å²) in [6, 6.07) is 0.473. The van der Waals surface area contributed by atoms with Crippen molar-refractivity contribution in [3.63, 3.8) is 0 Å². The maximum Gasteiger partial charge on any atom is 0.126 e. The zero-order valence-corrected chi connectivity index (χ0v) is 10.4. The Bertz CT molecular complexity index is 315. The lowest BCUT2D eigenvalue weighted by Gasteiger charge is -2.34. The molecule has 0 saturated heterocycles. The first-order chi connectivity index (χ1) is 7.86. The monoisotopic (exact) mass is 221 g/mol. The number of hydrogen-bond acceptors (Lipinski definition) is 2. The second-order valence-corrected chi connectivity index (χ2v) is 4.71. The van der Waals surface area contributed by atoms with Crippen molar-refractivity contribution in [2.45, 2.75) is 52.1 Å². The molecule has 1 heterocycles. The van der Waals surface area contributed by atoms with Crippen LogP contribution in [0.1, 0.15) is 51.4 Å². The van der Waals surface area contributed by atoms with E-state index in [1.807, 2.05) is 6.20 Å². The van der Waals surface area contributed by atoms with Crippen molar-refractivity contribution in [1.29, 1.82) is 0 Å². The molecule has 0 radical (unpaired) electrons. The molecule has 0 aliphatic heterocycles. The first-order valence-corrected chi connectivity index (χ1v) is 6.61. The Kier molecular flexibility index (Phi) is 3.99. The van der Waals surface area contributed by atoms with Gasteiger partial charge in [0.1, 0.15) is 5.82 Å². The van der Waals surface area contributed by atoms with E-state index in [1.165, 1.54) is 31.5 Å². The molecule has 1 atom stereocenters. The van der Waals surface area contributed by atoms with E-state index < -0.39 is 0 Å². The third-order valence-electron chi connectivity index (χ3n) is 3.54. The highest BCUT2D eigenvalue weighted by atomic mass is 15.1. The maximum atomic E-state index is 4.56. The zero-order valence-electron chi connectivity index (χ0n) is 10.4. The summed E-state index contributed by atoms with van der Waals surface area (Å²) < 4.78 is 2.31. The molecule has 2 rings (SSSR count). The molecule has 0 amide bonds. The molecule has 0 spiro atoms. The van der Waals surface area contributed by atoms with Crippen molar-refractivity contribution in [2.24, 2.45) is 5.92 Å². The van der Waals surface area contributed by atoms with Gasteiger partial charge < -0.3 is 9.88 Å². The van der Waals surface area contributed by atoms with Crippen LogP contribution in [0.5, 0.6) is 0 Å². The lowest BCUT2D eigenvalue weighted by molar-refractivity contribution is 0.221. The summed E-state index contributed by atoms with van der Waals surface area (Å²) in [5.41, 5.74) is 0. The second-order valence-electron chi connectivity index (χ2n) is 4.71. The summed E-state index contributed by atoms with van der Waals surface area (Å²) in [6.07, 6.45) is 9.33. The van der Waals surface area contributed by atoms with Crippen molar-refractivity contribution in [3.8, 4) is 0 Å². The van der Waals surface area contributed by atoms with Gasteiger partial charge in [-0.25, -0.2) is 4.98 Å². The Morgan fingerprint density at radius 1 is 1.50 bits per heavy atom. The summed E-state index contributed by atoms with van der Waals surface area (Å²) in [5.74, 6) is 2.05. The van der Waals surface area contributed by atoms with Crippen molar-refractivity contribution in [1.82, 2.24) is 14.9 Å². The lowest BCUT2D eigenvalue weighted by atomic mass is 9.79. The quantitative estimate of drug-likeness (QED) is 0.800. The fraction of sp³-hybridized carbons (Fsp3) is 0.769. The number of imidazole rings is 1. The van der Waals surface area contributed by atoms with Crippen LogP contribution in [0.25, 0.3) is 0 Å². The first-order valence-electron chi connectivity index (χ1n) is 6.61. The summed E-state index contributed by atoms with van der Waals surface area (Å²) in [5, 5.41) is 3.60. The minimum absolute atomic E-state index is 0.473. The SMILES string of the molecule is CCCn1ccnc1C(NCC)C1CCC1. The number of nitrogens with one attached hydrogen (secondary N) is 1. The van der Waals surface area contributed by atoms with E-state index >= 15 is 0 Å². The third-order valence-corrected chi connectivity index (χ3v) is 3.54. The van der Waals surface area contributed by atoms with E-state index in [-0.39, 0.29) is 0 Å². The Morgan fingerprint density at radius 3 is 2.88 bits per heavy atom. The average molecular weight is 221 g/mol. The molecule has 16 heavy (non-hydrogen) atoms. The minimum Gasteiger partial charge on any atom is -0.334 e. The lowest BCUT2D eigenvalue weighted by Crippen LogP contribution is -2.34. The van der Waals surface area contributed by atoms with E-state index in [2.05, 4.69) is 34.9 Å². The third kappa shape index (κ3) is 2.29. The normalized spacial score (nSPS) is 18.4. The fourth-order valence-electron chi connectivity index (χ4n) is 2.49. The molecule has 90 valence electrons. The maximum absolute atomic E-state index is 4.56. The van der Waals surface area contributed by atoms with E-state index in [0.717, 1.165) is 19.0 Å². The van der Waals surface area contributed by atoms with Gasteiger partial charge in [-0.2, -0.15) is 0 Å². The molecule has 0 aromatic carbocycles. The molecule has 1 N–H and O–H groups in total. The molecule has 3 heteroatoms. The van der Waals surface area contributed by atoms with Crippen molar-refractivity contribution in [3.05, 3.63) is 18.2 Å². The van der Waals surface area contributed by atoms with E-state index in [4.69, 9.17) is 0 Å². The number of nitrogens with zero attached hydrogens (tertiary/aromatic N) is 2. The molecular weight excluding hydrogens is 198 g/mol. The van der Waals surface area contributed by atoms with Crippen LogP contribution in [-0.4, -0.2) is 16.1 Å². The van der Waals surface area contributed by atoms with Crippen LogP contribution in [0.4, 0.5) is 0 Å². The predicted octanol–water partition coefficient (Wildman–Crippen LogP) is 2.74. The minimum atomic E-state index is 0.473. The van der Waals surface area contributed by atoms with Gasteiger partial charge in [-0.05, 0) is 31.7 Å². The molecule has 3 nitrogen and oxygen atoms in total. The summed E-state index contributed by atoms with van der Waals surface area (Å²) in [4.78, 5) is 4.56.